The second-order valence-electron chi connectivity index (χ2n) is 12.6. The molecule has 0 atom stereocenters. The summed E-state index contributed by atoms with van der Waals surface area (Å²) in [6.07, 6.45) is 3.16. The van der Waals surface area contributed by atoms with Gasteiger partial charge in [0.25, 0.3) is 0 Å². The Morgan fingerprint density at radius 3 is 2.16 bits per heavy atom. The number of carbonyl (C=O) groups excluding carboxylic acids is 1. The third-order valence-corrected chi connectivity index (χ3v) is 15.3. The number of aromatic nitrogens is 1. The second-order valence-corrected chi connectivity index (χ2v) is 21.6. The molecule has 6 rings (SSSR count). The maximum Gasteiger partial charge on any atom is 0 e. The van der Waals surface area contributed by atoms with Gasteiger partial charge in [-0.15, -0.1) is 0 Å². The third kappa shape index (κ3) is 6.62. The zero-order valence-electron chi connectivity index (χ0n) is 25.9. The second kappa shape index (κ2) is 12.7. The summed E-state index contributed by atoms with van der Waals surface area (Å²) in [7, 11) is 0. The van der Waals surface area contributed by atoms with Crippen LogP contribution >= 0.6 is 0 Å². The van der Waals surface area contributed by atoms with Crippen LogP contribution in [0.4, 0.5) is 0 Å². The quantitative estimate of drug-likeness (QED) is 0.0862. The van der Waals surface area contributed by atoms with E-state index < -0.39 is 13.3 Å². The van der Waals surface area contributed by atoms with Crippen LogP contribution < -0.4 is 8.79 Å². The van der Waals surface area contributed by atoms with Gasteiger partial charge in [0.1, 0.15) is 0 Å². The van der Waals surface area contributed by atoms with Gasteiger partial charge in [-0.2, -0.15) is 0 Å². The first-order chi connectivity index (χ1) is 19.9. The van der Waals surface area contributed by atoms with Crippen molar-refractivity contribution in [2.75, 3.05) is 0 Å². The normalized spacial score (nSPS) is 13.3. The number of aliphatic hydroxyl groups is 1. The zero-order chi connectivity index (χ0) is 30.2. The molecule has 0 spiro atoms. The summed E-state index contributed by atoms with van der Waals surface area (Å²) >= 11 is -2.62. The monoisotopic (exact) mass is 807 g/mol. The van der Waals surface area contributed by atoms with Gasteiger partial charge in [0, 0.05) is 26.2 Å². The van der Waals surface area contributed by atoms with Gasteiger partial charge in [0.15, 0.2) is 5.78 Å². The number of pyridine rings is 1. The molecule has 3 nitrogen and oxygen atoms in total. The molecule has 1 N–H and O–H groups in total. The van der Waals surface area contributed by atoms with E-state index >= 15 is 0 Å². The Morgan fingerprint density at radius 2 is 1.53 bits per heavy atom. The number of fused-ring (bicyclic) bond motifs is 4. The molecule has 5 aromatic rings. The Morgan fingerprint density at radius 1 is 0.860 bits per heavy atom. The fourth-order valence-corrected chi connectivity index (χ4v) is 13.1. The maximum absolute atomic E-state index is 10.0. The Bertz CT molecular complexity index is 1830. The van der Waals surface area contributed by atoms with Gasteiger partial charge < -0.3 is 5.11 Å². The standard InChI is InChI=1S/C33H30GeN.C5H8O2.Ir/c1-33(2,3)29-20-25(19-24-13-9-10-14-26(24)29)32-31-28(17-18-35-32)27-16-15-23(21-30(27)34(31,4)5)22-11-7-6-8-12-22;1-4(6)3-5(2)7;/h6-18,20-21H,1-5H3;3,6H,1-2H3;/q-1;;/b;4-3-;. The number of nitrogens with zero attached hydrogens (tertiary/aromatic N) is 1. The van der Waals surface area contributed by atoms with Crippen LogP contribution in [-0.4, -0.2) is 29.1 Å². The fourth-order valence-electron chi connectivity index (χ4n) is 6.04. The molecule has 1 radical (unpaired) electrons. The first kappa shape index (κ1) is 32.6. The summed E-state index contributed by atoms with van der Waals surface area (Å²) in [5.41, 5.74) is 8.98. The minimum Gasteiger partial charge on any atom is 0 e. The van der Waals surface area contributed by atoms with E-state index in [9.17, 15) is 4.79 Å². The number of benzene rings is 4. The average molecular weight is 806 g/mol. The van der Waals surface area contributed by atoms with E-state index in [4.69, 9.17) is 10.1 Å². The molecule has 0 unspecified atom stereocenters. The van der Waals surface area contributed by atoms with Crippen molar-refractivity contribution in [1.29, 1.82) is 0 Å². The number of hydrogen-bond acceptors (Lipinski definition) is 3. The molecule has 5 heteroatoms. The summed E-state index contributed by atoms with van der Waals surface area (Å²) in [5, 5.41) is 10.8. The molecule has 0 saturated carbocycles. The van der Waals surface area contributed by atoms with E-state index in [1.807, 2.05) is 6.20 Å². The van der Waals surface area contributed by atoms with Crippen LogP contribution in [0.5, 0.6) is 0 Å². The van der Waals surface area contributed by atoms with Gasteiger partial charge in [0.2, 0.25) is 0 Å². The van der Waals surface area contributed by atoms with Crippen LogP contribution in [0.3, 0.4) is 0 Å². The number of rotatable bonds is 3. The summed E-state index contributed by atoms with van der Waals surface area (Å²) < 4.78 is 3.03. The van der Waals surface area contributed by atoms with Crippen LogP contribution in [0, 0.1) is 6.07 Å². The Hall–Kier alpha value is -3.31. The molecule has 0 saturated heterocycles. The average Bonchev–Trinajstić information content (AvgIpc) is 3.18. The summed E-state index contributed by atoms with van der Waals surface area (Å²) in [5.74, 6) is 4.99. The van der Waals surface area contributed by atoms with Crippen LogP contribution in [0.2, 0.25) is 11.5 Å². The predicted molar refractivity (Wildman–Crippen MR) is 179 cm³/mol. The Kier molecular flexibility index (Phi) is 9.66. The smallest absolute Gasteiger partial charge is 0 e. The molecule has 0 amide bonds. The molecule has 2 heterocycles. The SMILES string of the molecule is CC(=O)/C=C(/C)O.CC(C)(C)c1cc(-c2nccc3[c]2[Ge]([CH3])([CH3])[c]2cc(-c4ccccc4)ccc2-3)[c-]c2ccccc12.[Ir]. The Labute approximate surface area is 271 Å². The summed E-state index contributed by atoms with van der Waals surface area (Å²) in [6, 6.07) is 34.8. The maximum atomic E-state index is 10.0. The number of allylic oxidation sites excluding steroid dienone is 2. The van der Waals surface area contributed by atoms with E-state index in [0.717, 1.165) is 11.3 Å². The van der Waals surface area contributed by atoms with Crippen molar-refractivity contribution in [3.63, 3.8) is 0 Å². The minimum absolute atomic E-state index is 0. The molecule has 43 heavy (non-hydrogen) atoms. The van der Waals surface area contributed by atoms with Crippen molar-refractivity contribution in [1.82, 2.24) is 4.98 Å². The van der Waals surface area contributed by atoms with E-state index in [1.165, 1.54) is 62.9 Å². The van der Waals surface area contributed by atoms with Crippen molar-refractivity contribution in [2.45, 2.75) is 51.5 Å². The van der Waals surface area contributed by atoms with Gasteiger partial charge in [0.05, 0.1) is 5.76 Å². The van der Waals surface area contributed by atoms with Crippen molar-refractivity contribution in [3.05, 3.63) is 115 Å². The van der Waals surface area contributed by atoms with Crippen LogP contribution in [0.25, 0.3) is 44.3 Å². The molecular weight excluding hydrogens is 767 g/mol. The van der Waals surface area contributed by atoms with Crippen molar-refractivity contribution in [3.8, 4) is 33.5 Å². The number of hydrogen-bond donors (Lipinski definition) is 1. The van der Waals surface area contributed by atoms with Crippen molar-refractivity contribution < 1.29 is 30.0 Å². The number of aliphatic hydroxyl groups excluding tert-OH is 1. The topological polar surface area (TPSA) is 50.2 Å². The molecular formula is C38H38GeIrNO2-. The minimum atomic E-state index is -2.62. The molecule has 0 aliphatic carbocycles. The van der Waals surface area contributed by atoms with Gasteiger partial charge in [-0.3, -0.25) is 4.79 Å². The zero-order valence-corrected chi connectivity index (χ0v) is 30.4. The van der Waals surface area contributed by atoms with Crippen LogP contribution in [0.15, 0.2) is 103 Å². The molecule has 1 aromatic heterocycles. The first-order valence-electron chi connectivity index (χ1n) is 14.4. The van der Waals surface area contributed by atoms with Crippen LogP contribution in [-0.2, 0) is 30.3 Å². The van der Waals surface area contributed by atoms with E-state index in [-0.39, 0.29) is 37.1 Å². The van der Waals surface area contributed by atoms with Crippen LogP contribution in [0.1, 0.15) is 40.2 Å². The van der Waals surface area contributed by atoms with Gasteiger partial charge in [-0.25, -0.2) is 0 Å². The number of ketones is 1. The molecule has 1 aliphatic heterocycles. The molecule has 221 valence electrons. The predicted octanol–water partition coefficient (Wildman–Crippen LogP) is 8.50. The van der Waals surface area contributed by atoms with Crippen molar-refractivity contribution in [2.24, 2.45) is 0 Å². The molecule has 1 aliphatic rings. The summed E-state index contributed by atoms with van der Waals surface area (Å²) in [4.78, 5) is 15.0. The largest absolute Gasteiger partial charge is 0 e. The van der Waals surface area contributed by atoms with E-state index in [1.54, 1.807) is 4.40 Å². The first-order valence-corrected chi connectivity index (χ1v) is 20.7. The van der Waals surface area contributed by atoms with Gasteiger partial charge >= 0.3 is 212 Å². The molecule has 0 fully saturated rings. The van der Waals surface area contributed by atoms with Gasteiger partial charge in [-0.1, -0.05) is 0 Å². The molecule has 0 bridgehead atoms. The molecule has 4 aromatic carbocycles. The Balaban J connectivity index is 0.000000475. The fraction of sp³-hybridized carbons (Fsp3) is 0.211. The van der Waals surface area contributed by atoms with Gasteiger partial charge in [-0.05, 0) is 13.8 Å². The third-order valence-electron chi connectivity index (χ3n) is 7.92. The summed E-state index contributed by atoms with van der Waals surface area (Å²) in [6.45, 7) is 9.74. The van der Waals surface area contributed by atoms with E-state index in [0.29, 0.717) is 0 Å². The van der Waals surface area contributed by atoms with E-state index in [2.05, 4.69) is 123 Å². The number of carbonyl (C=O) groups is 1. The van der Waals surface area contributed by atoms with Crippen molar-refractivity contribution >= 4 is 38.6 Å².